The maximum absolute atomic E-state index is 10.5. The van der Waals surface area contributed by atoms with Crippen molar-refractivity contribution in [1.29, 1.82) is 0 Å². The lowest BCUT2D eigenvalue weighted by Gasteiger charge is -1.94. The summed E-state index contributed by atoms with van der Waals surface area (Å²) in [6.07, 6.45) is 0. The zero-order valence-electron chi connectivity index (χ0n) is 9.63. The van der Waals surface area contributed by atoms with Crippen LogP contribution in [0.3, 0.4) is 0 Å². The fourth-order valence-electron chi connectivity index (χ4n) is 1.12. The molecule has 6 nitrogen and oxygen atoms in total. The highest BCUT2D eigenvalue weighted by Gasteiger charge is 1.90. The zero-order chi connectivity index (χ0) is 13.5. The average molecular weight is 265 g/mol. The van der Waals surface area contributed by atoms with E-state index < -0.39 is 0 Å². The van der Waals surface area contributed by atoms with Crippen LogP contribution in [0.15, 0.2) is 40.2 Å². The smallest absolute Gasteiger partial charge is 0.253 e. The van der Waals surface area contributed by atoms with Crippen LogP contribution in [0.4, 0.5) is 11.6 Å². The maximum atomic E-state index is 10.5. The molecule has 0 fully saturated rings. The number of H-pyrrole nitrogens is 1. The molecule has 0 radical (unpaired) electrons. The molecule has 7 heteroatoms. The van der Waals surface area contributed by atoms with Crippen LogP contribution in [0.5, 0.6) is 0 Å². The monoisotopic (exact) mass is 265 g/mol. The van der Waals surface area contributed by atoms with E-state index in [4.69, 9.17) is 17.2 Å². The minimum atomic E-state index is -0.285. The summed E-state index contributed by atoms with van der Waals surface area (Å²) in [5.41, 5.74) is 17.6. The van der Waals surface area contributed by atoms with Crippen LogP contribution in [-0.2, 0) is 6.54 Å². The van der Waals surface area contributed by atoms with Crippen LogP contribution in [0.25, 0.3) is 0 Å². The van der Waals surface area contributed by atoms with Gasteiger partial charge in [-0.3, -0.25) is 9.78 Å². The van der Waals surface area contributed by atoms with Gasteiger partial charge in [0.25, 0.3) is 5.56 Å². The molecule has 7 N–H and O–H groups in total. The third-order valence-electron chi connectivity index (χ3n) is 1.96. The largest absolute Gasteiger partial charge is 0.399 e. The lowest BCUT2D eigenvalue weighted by molar-refractivity contribution is 1.04. The summed E-state index contributed by atoms with van der Waals surface area (Å²) in [7, 11) is 0. The minimum Gasteiger partial charge on any atom is -0.399 e. The van der Waals surface area contributed by atoms with Crippen molar-refractivity contribution in [3.63, 3.8) is 0 Å². The predicted octanol–water partition coefficient (Wildman–Crippen LogP) is 0.368. The van der Waals surface area contributed by atoms with Crippen molar-refractivity contribution in [1.82, 2.24) is 9.97 Å². The molecular weight excluding hydrogens is 250 g/mol. The zero-order valence-corrected chi connectivity index (χ0v) is 10.5. The van der Waals surface area contributed by atoms with E-state index >= 15 is 0 Å². The first kappa shape index (κ1) is 14.1. The Bertz CT molecular complexity index is 529. The van der Waals surface area contributed by atoms with E-state index in [0.29, 0.717) is 11.6 Å². The van der Waals surface area contributed by atoms with E-state index in [9.17, 15) is 4.79 Å². The molecule has 0 aliphatic carbocycles. The number of nitrogens with zero attached hydrogens (tertiary/aromatic N) is 1. The Kier molecular flexibility index (Phi) is 5.22. The first-order valence-electron chi connectivity index (χ1n) is 5.11. The highest BCUT2D eigenvalue weighted by atomic mass is 32.1. The van der Waals surface area contributed by atoms with Gasteiger partial charge in [-0.05, 0) is 17.7 Å². The molecule has 2 aromatic rings. The topological polar surface area (TPSA) is 124 Å². The highest BCUT2D eigenvalue weighted by molar-refractivity contribution is 7.80. The number of hydrogen-bond donors (Lipinski definition) is 5. The van der Waals surface area contributed by atoms with Gasteiger partial charge in [0, 0.05) is 18.3 Å². The summed E-state index contributed by atoms with van der Waals surface area (Å²) in [5, 5.41) is 0.330. The number of nitrogen functional groups attached to an aromatic ring is 2. The van der Waals surface area contributed by atoms with Crippen molar-refractivity contribution < 1.29 is 0 Å². The van der Waals surface area contributed by atoms with E-state index in [1.165, 1.54) is 6.07 Å². The number of aromatic amines is 1. The Morgan fingerprint density at radius 2 is 1.83 bits per heavy atom. The van der Waals surface area contributed by atoms with Gasteiger partial charge in [0.15, 0.2) is 0 Å². The van der Waals surface area contributed by atoms with Crippen molar-refractivity contribution in [2.75, 3.05) is 11.5 Å². The second-order valence-electron chi connectivity index (χ2n) is 3.43. The van der Waals surface area contributed by atoms with Crippen molar-refractivity contribution in [2.45, 2.75) is 11.6 Å². The van der Waals surface area contributed by atoms with Gasteiger partial charge < -0.3 is 17.2 Å². The molecule has 0 aliphatic rings. The number of rotatable bonds is 1. The Morgan fingerprint density at radius 1 is 1.22 bits per heavy atom. The fourth-order valence-corrected chi connectivity index (χ4v) is 1.34. The standard InChI is InChI=1S/C7H10N2.C4H5N3OS/c8-5-6-1-3-7(9)4-2-6;5-4-6-2(8)1-3(9)7-4/h1-4H,5,8-9H2;1H,(H4,5,6,7,8,9). The van der Waals surface area contributed by atoms with E-state index in [2.05, 4.69) is 22.6 Å². The molecule has 0 unspecified atom stereocenters. The summed E-state index contributed by atoms with van der Waals surface area (Å²) in [4.78, 5) is 16.4. The summed E-state index contributed by atoms with van der Waals surface area (Å²) in [5.74, 6) is 0.0903. The number of anilines is 2. The summed E-state index contributed by atoms with van der Waals surface area (Å²) in [6.45, 7) is 0.584. The molecule has 1 heterocycles. The quantitative estimate of drug-likeness (QED) is 0.289. The Morgan fingerprint density at radius 3 is 2.28 bits per heavy atom. The van der Waals surface area contributed by atoms with E-state index in [1.54, 1.807) is 0 Å². The van der Waals surface area contributed by atoms with Gasteiger partial charge in [0.2, 0.25) is 5.95 Å². The number of nitrogens with two attached hydrogens (primary N) is 3. The predicted molar refractivity (Wildman–Crippen MR) is 75.3 cm³/mol. The second kappa shape index (κ2) is 6.67. The molecule has 0 saturated carbocycles. The number of hydrogen-bond acceptors (Lipinski definition) is 6. The van der Waals surface area contributed by atoms with Crippen molar-refractivity contribution >= 4 is 24.3 Å². The van der Waals surface area contributed by atoms with Crippen LogP contribution in [0.1, 0.15) is 5.56 Å². The number of nitrogens with one attached hydrogen (secondary N) is 1. The van der Waals surface area contributed by atoms with Gasteiger partial charge in [0.1, 0.15) is 5.03 Å². The summed E-state index contributed by atoms with van der Waals surface area (Å²) < 4.78 is 0. The van der Waals surface area contributed by atoms with Crippen LogP contribution in [0.2, 0.25) is 0 Å². The average Bonchev–Trinajstić information content (AvgIpc) is 2.29. The number of thiol groups is 1. The third-order valence-corrected chi connectivity index (χ3v) is 2.19. The van der Waals surface area contributed by atoms with E-state index in [1.807, 2.05) is 24.3 Å². The van der Waals surface area contributed by atoms with Crippen molar-refractivity contribution in [3.05, 3.63) is 46.2 Å². The second-order valence-corrected chi connectivity index (χ2v) is 3.89. The molecule has 0 atom stereocenters. The normalized spacial score (nSPS) is 9.44. The molecule has 2 rings (SSSR count). The molecule has 96 valence electrons. The Balaban J connectivity index is 0.000000180. The van der Waals surface area contributed by atoms with Gasteiger partial charge in [-0.1, -0.05) is 12.1 Å². The van der Waals surface area contributed by atoms with Crippen LogP contribution >= 0.6 is 12.6 Å². The maximum Gasteiger partial charge on any atom is 0.253 e. The lowest BCUT2D eigenvalue weighted by atomic mass is 10.2. The molecule has 1 aromatic heterocycles. The Labute approximate surface area is 110 Å². The molecule has 0 bridgehead atoms. The summed E-state index contributed by atoms with van der Waals surface area (Å²) in [6, 6.07) is 8.80. The molecule has 0 aliphatic heterocycles. The van der Waals surface area contributed by atoms with E-state index in [-0.39, 0.29) is 11.5 Å². The van der Waals surface area contributed by atoms with Gasteiger partial charge in [-0.15, -0.1) is 12.6 Å². The molecule has 0 spiro atoms. The van der Waals surface area contributed by atoms with E-state index in [0.717, 1.165) is 11.3 Å². The van der Waals surface area contributed by atoms with Crippen molar-refractivity contribution in [2.24, 2.45) is 5.73 Å². The van der Waals surface area contributed by atoms with Crippen molar-refractivity contribution in [3.8, 4) is 0 Å². The van der Waals surface area contributed by atoms with Crippen LogP contribution in [-0.4, -0.2) is 9.97 Å². The van der Waals surface area contributed by atoms with Gasteiger partial charge >= 0.3 is 0 Å². The molecule has 0 saturated heterocycles. The highest BCUT2D eigenvalue weighted by Crippen LogP contribution is 2.03. The third kappa shape index (κ3) is 4.89. The first-order chi connectivity index (χ1) is 8.51. The minimum absolute atomic E-state index is 0.0903. The summed E-state index contributed by atoms with van der Waals surface area (Å²) >= 11 is 3.81. The first-order valence-corrected chi connectivity index (χ1v) is 5.56. The van der Waals surface area contributed by atoms with Crippen LogP contribution in [0, 0.1) is 0 Å². The number of benzene rings is 1. The van der Waals surface area contributed by atoms with Crippen LogP contribution < -0.4 is 22.8 Å². The molecule has 1 aromatic carbocycles. The van der Waals surface area contributed by atoms with Gasteiger partial charge in [0.05, 0.1) is 0 Å². The molecular formula is C11H15N5OS. The SMILES string of the molecule is NCc1ccc(N)cc1.Nc1nc(S)cc(=O)[nH]1. The molecule has 18 heavy (non-hydrogen) atoms. The van der Waals surface area contributed by atoms with Gasteiger partial charge in [-0.2, -0.15) is 0 Å². The number of aromatic nitrogens is 2. The van der Waals surface area contributed by atoms with Gasteiger partial charge in [-0.25, -0.2) is 4.98 Å². The lowest BCUT2D eigenvalue weighted by Crippen LogP contribution is -2.09. The fraction of sp³-hybridized carbons (Fsp3) is 0.0909. The Hall–Kier alpha value is -1.99. The molecule has 0 amide bonds.